The molecule has 178 valence electrons. The van der Waals surface area contributed by atoms with Gasteiger partial charge in [0.25, 0.3) is 0 Å². The van der Waals surface area contributed by atoms with Crippen LogP contribution in [0.3, 0.4) is 0 Å². The Kier molecular flexibility index (Phi) is 8.97. The van der Waals surface area contributed by atoms with Crippen molar-refractivity contribution >= 4 is 11.8 Å². The van der Waals surface area contributed by atoms with Crippen LogP contribution < -0.4 is 5.32 Å². The number of hydrogen-bond donors (Lipinski definition) is 1. The van der Waals surface area contributed by atoms with Gasteiger partial charge in [0, 0.05) is 26.4 Å². The van der Waals surface area contributed by atoms with Crippen LogP contribution in [0.25, 0.3) is 0 Å². The fraction of sp³-hybridized carbons (Fsp3) is 0.310. The van der Waals surface area contributed by atoms with Gasteiger partial charge in [-0.25, -0.2) is 4.39 Å². The molecule has 0 saturated heterocycles. The molecule has 0 saturated carbocycles. The van der Waals surface area contributed by atoms with E-state index in [4.69, 9.17) is 0 Å². The van der Waals surface area contributed by atoms with Gasteiger partial charge in [0.2, 0.25) is 11.8 Å². The van der Waals surface area contributed by atoms with Gasteiger partial charge in [-0.2, -0.15) is 0 Å². The first-order valence-corrected chi connectivity index (χ1v) is 11.8. The molecule has 1 atom stereocenters. The summed E-state index contributed by atoms with van der Waals surface area (Å²) in [6.07, 6.45) is 1.27. The number of benzene rings is 3. The third-order valence-electron chi connectivity index (χ3n) is 6.06. The molecule has 0 bridgehead atoms. The molecule has 2 amide bonds. The molecule has 0 aromatic heterocycles. The van der Waals surface area contributed by atoms with Crippen LogP contribution in [-0.4, -0.2) is 29.8 Å². The fourth-order valence-corrected chi connectivity index (χ4v) is 3.97. The van der Waals surface area contributed by atoms with E-state index in [1.807, 2.05) is 30.3 Å². The summed E-state index contributed by atoms with van der Waals surface area (Å²) in [6, 6.07) is 23.4. The Balaban J connectivity index is 1.83. The third kappa shape index (κ3) is 7.01. The first kappa shape index (κ1) is 25.2. The summed E-state index contributed by atoms with van der Waals surface area (Å²) in [5, 5.41) is 2.71. The van der Waals surface area contributed by atoms with Crippen LogP contribution in [0, 0.1) is 5.82 Å². The molecule has 4 nitrogen and oxygen atoms in total. The predicted molar refractivity (Wildman–Crippen MR) is 134 cm³/mol. The van der Waals surface area contributed by atoms with E-state index in [2.05, 4.69) is 43.4 Å². The van der Waals surface area contributed by atoms with E-state index < -0.39 is 6.04 Å². The summed E-state index contributed by atoms with van der Waals surface area (Å²) >= 11 is 0. The standard InChI is InChI=1S/C29H33FN2O2/c1-21(2)25-14-9-22(10-15-25)13-18-28(33)32(20-24-11-16-26(30)17-12-24)27(29(34)31-3)19-23-7-5-4-6-8-23/h4-12,14-17,21,27H,13,18-20H2,1-3H3,(H,31,34). The molecule has 0 aliphatic carbocycles. The summed E-state index contributed by atoms with van der Waals surface area (Å²) in [5.74, 6) is -0.214. The molecule has 1 unspecified atom stereocenters. The van der Waals surface area contributed by atoms with Gasteiger partial charge >= 0.3 is 0 Å². The third-order valence-corrected chi connectivity index (χ3v) is 6.06. The van der Waals surface area contributed by atoms with Crippen LogP contribution >= 0.6 is 0 Å². The van der Waals surface area contributed by atoms with E-state index in [1.165, 1.54) is 17.7 Å². The Morgan fingerprint density at radius 3 is 2.06 bits per heavy atom. The quantitative estimate of drug-likeness (QED) is 0.448. The first-order chi connectivity index (χ1) is 16.4. The number of hydrogen-bond acceptors (Lipinski definition) is 2. The van der Waals surface area contributed by atoms with E-state index in [0.717, 1.165) is 16.7 Å². The molecule has 5 heteroatoms. The van der Waals surface area contributed by atoms with Crippen LogP contribution in [-0.2, 0) is 29.0 Å². The molecule has 0 aliphatic rings. The van der Waals surface area contributed by atoms with Crippen LogP contribution in [0.2, 0.25) is 0 Å². The summed E-state index contributed by atoms with van der Waals surface area (Å²) in [7, 11) is 1.58. The second-order valence-electron chi connectivity index (χ2n) is 8.86. The minimum atomic E-state index is -0.673. The van der Waals surface area contributed by atoms with Crippen molar-refractivity contribution in [2.45, 2.75) is 51.6 Å². The van der Waals surface area contributed by atoms with E-state index in [-0.39, 0.29) is 30.6 Å². The number of nitrogens with zero attached hydrogens (tertiary/aromatic N) is 1. The van der Waals surface area contributed by atoms with Crippen molar-refractivity contribution in [3.05, 3.63) is 107 Å². The molecule has 34 heavy (non-hydrogen) atoms. The van der Waals surface area contributed by atoms with Crippen LogP contribution in [0.1, 0.15) is 48.4 Å². The largest absolute Gasteiger partial charge is 0.357 e. The van der Waals surface area contributed by atoms with Crippen molar-refractivity contribution < 1.29 is 14.0 Å². The van der Waals surface area contributed by atoms with E-state index in [1.54, 1.807) is 24.1 Å². The predicted octanol–water partition coefficient (Wildman–Crippen LogP) is 5.27. The van der Waals surface area contributed by atoms with Crippen molar-refractivity contribution in [3.8, 4) is 0 Å². The van der Waals surface area contributed by atoms with Crippen LogP contribution in [0.4, 0.5) is 4.39 Å². The normalized spacial score (nSPS) is 11.8. The highest BCUT2D eigenvalue weighted by atomic mass is 19.1. The highest BCUT2D eigenvalue weighted by Crippen LogP contribution is 2.19. The molecule has 1 N–H and O–H groups in total. The van der Waals surface area contributed by atoms with Gasteiger partial charge in [0.05, 0.1) is 0 Å². The minimum Gasteiger partial charge on any atom is -0.357 e. The van der Waals surface area contributed by atoms with Crippen molar-refractivity contribution in [2.24, 2.45) is 0 Å². The lowest BCUT2D eigenvalue weighted by atomic mass is 9.99. The Hall–Kier alpha value is -3.47. The Labute approximate surface area is 201 Å². The molecule has 0 radical (unpaired) electrons. The number of amides is 2. The topological polar surface area (TPSA) is 49.4 Å². The van der Waals surface area contributed by atoms with Gasteiger partial charge in [0.1, 0.15) is 11.9 Å². The second kappa shape index (κ2) is 12.1. The van der Waals surface area contributed by atoms with E-state index in [0.29, 0.717) is 18.8 Å². The van der Waals surface area contributed by atoms with Crippen LogP contribution in [0.15, 0.2) is 78.9 Å². The molecule has 3 aromatic carbocycles. The van der Waals surface area contributed by atoms with E-state index >= 15 is 0 Å². The molecule has 0 spiro atoms. The maximum atomic E-state index is 13.5. The summed E-state index contributed by atoms with van der Waals surface area (Å²) < 4.78 is 13.5. The monoisotopic (exact) mass is 460 g/mol. The number of aryl methyl sites for hydroxylation is 1. The number of rotatable bonds is 10. The highest BCUT2D eigenvalue weighted by molar-refractivity contribution is 5.88. The molecule has 0 fully saturated rings. The zero-order valence-corrected chi connectivity index (χ0v) is 20.1. The van der Waals surface area contributed by atoms with Gasteiger partial charge in [-0.05, 0) is 46.7 Å². The van der Waals surface area contributed by atoms with Gasteiger partial charge in [-0.3, -0.25) is 9.59 Å². The average Bonchev–Trinajstić information content (AvgIpc) is 2.86. The van der Waals surface area contributed by atoms with Crippen molar-refractivity contribution in [2.75, 3.05) is 7.05 Å². The van der Waals surface area contributed by atoms with Gasteiger partial charge in [-0.1, -0.05) is 80.6 Å². The molecule has 3 rings (SSSR count). The highest BCUT2D eigenvalue weighted by Gasteiger charge is 2.29. The summed E-state index contributed by atoms with van der Waals surface area (Å²) in [4.78, 5) is 28.0. The molecular formula is C29H33FN2O2. The molecule has 0 heterocycles. The number of likely N-dealkylation sites (N-methyl/N-ethyl adjacent to an activating group) is 1. The molecular weight excluding hydrogens is 427 g/mol. The zero-order valence-electron chi connectivity index (χ0n) is 20.1. The maximum Gasteiger partial charge on any atom is 0.242 e. The fourth-order valence-electron chi connectivity index (χ4n) is 3.97. The van der Waals surface area contributed by atoms with Gasteiger partial charge < -0.3 is 10.2 Å². The lowest BCUT2D eigenvalue weighted by Crippen LogP contribution is -2.49. The number of halogens is 1. The van der Waals surface area contributed by atoms with Gasteiger partial charge in [0.15, 0.2) is 0 Å². The van der Waals surface area contributed by atoms with Gasteiger partial charge in [-0.15, -0.1) is 0 Å². The first-order valence-electron chi connectivity index (χ1n) is 11.8. The number of carbonyl (C=O) groups is 2. The molecule has 3 aromatic rings. The summed E-state index contributed by atoms with van der Waals surface area (Å²) in [5.41, 5.74) is 4.09. The van der Waals surface area contributed by atoms with E-state index in [9.17, 15) is 14.0 Å². The van der Waals surface area contributed by atoms with Crippen LogP contribution in [0.5, 0.6) is 0 Å². The van der Waals surface area contributed by atoms with Crippen molar-refractivity contribution in [1.82, 2.24) is 10.2 Å². The Morgan fingerprint density at radius 1 is 0.853 bits per heavy atom. The minimum absolute atomic E-state index is 0.109. The zero-order chi connectivity index (χ0) is 24.5. The number of carbonyl (C=O) groups excluding carboxylic acids is 2. The molecule has 0 aliphatic heterocycles. The number of nitrogens with one attached hydrogen (secondary N) is 1. The smallest absolute Gasteiger partial charge is 0.242 e. The lowest BCUT2D eigenvalue weighted by Gasteiger charge is -2.31. The second-order valence-corrected chi connectivity index (χ2v) is 8.86. The van der Waals surface area contributed by atoms with Crippen molar-refractivity contribution in [1.29, 1.82) is 0 Å². The Morgan fingerprint density at radius 2 is 1.47 bits per heavy atom. The maximum absolute atomic E-state index is 13.5. The average molecular weight is 461 g/mol. The van der Waals surface area contributed by atoms with Crippen molar-refractivity contribution in [3.63, 3.8) is 0 Å². The Bertz CT molecular complexity index is 1060. The summed E-state index contributed by atoms with van der Waals surface area (Å²) in [6.45, 7) is 4.53. The lowest BCUT2D eigenvalue weighted by molar-refractivity contribution is -0.141. The SMILES string of the molecule is CNC(=O)C(Cc1ccccc1)N(Cc1ccc(F)cc1)C(=O)CCc1ccc(C(C)C)cc1.